The quantitative estimate of drug-likeness (QED) is 0.677. The van der Waals surface area contributed by atoms with Gasteiger partial charge in [-0.3, -0.25) is 0 Å². The summed E-state index contributed by atoms with van der Waals surface area (Å²) in [6.45, 7) is 7.65. The van der Waals surface area contributed by atoms with Gasteiger partial charge in [-0.25, -0.2) is 4.98 Å². The molecule has 2 N–H and O–H groups in total. The normalized spacial score (nSPS) is 15.5. The second-order valence-corrected chi connectivity index (χ2v) is 7.96. The average molecular weight is 374 g/mol. The highest BCUT2D eigenvalue weighted by atomic mass is 16.3. The molecule has 5 nitrogen and oxygen atoms in total. The molecule has 1 aliphatic rings. The smallest absolute Gasteiger partial charge is 0.138 e. The molecule has 1 fully saturated rings. The number of anilines is 1. The highest BCUT2D eigenvalue weighted by Crippen LogP contribution is 2.25. The number of aromatic nitrogens is 2. The number of hydrogen-bond acceptors (Lipinski definition) is 4. The zero-order chi connectivity index (χ0) is 19.7. The van der Waals surface area contributed by atoms with Crippen LogP contribution in [0.15, 0.2) is 42.5 Å². The fraction of sp³-hybridized carbons (Fsp3) is 0.348. The lowest BCUT2D eigenvalue weighted by Crippen LogP contribution is -2.44. The maximum absolute atomic E-state index is 9.73. The van der Waals surface area contributed by atoms with Crippen molar-refractivity contribution in [3.05, 3.63) is 48.0 Å². The van der Waals surface area contributed by atoms with E-state index in [4.69, 9.17) is 4.98 Å². The molecule has 1 aromatic heterocycles. The lowest BCUT2D eigenvalue weighted by atomic mass is 10.1. The molecule has 0 bridgehead atoms. The van der Waals surface area contributed by atoms with E-state index in [0.717, 1.165) is 54.2 Å². The van der Waals surface area contributed by atoms with Crippen LogP contribution < -0.4 is 4.90 Å². The molecule has 2 aromatic carbocycles. The summed E-state index contributed by atoms with van der Waals surface area (Å²) in [5, 5.41) is 9.73. The summed E-state index contributed by atoms with van der Waals surface area (Å²) in [7, 11) is 2.17. The van der Waals surface area contributed by atoms with E-state index >= 15 is 0 Å². The number of rotatable bonds is 2. The van der Waals surface area contributed by atoms with Gasteiger partial charge in [-0.2, -0.15) is 0 Å². The van der Waals surface area contributed by atoms with Crippen molar-refractivity contribution in [2.24, 2.45) is 0 Å². The number of benzene rings is 2. The molecule has 1 saturated heterocycles. The van der Waals surface area contributed by atoms with Gasteiger partial charge in [0, 0.05) is 43.0 Å². The predicted octanol–water partition coefficient (Wildman–Crippen LogP) is 3.10. The van der Waals surface area contributed by atoms with E-state index in [2.05, 4.69) is 51.9 Å². The predicted molar refractivity (Wildman–Crippen MR) is 114 cm³/mol. The van der Waals surface area contributed by atoms with E-state index in [1.54, 1.807) is 13.8 Å². The van der Waals surface area contributed by atoms with Crippen molar-refractivity contribution in [1.29, 1.82) is 0 Å². The van der Waals surface area contributed by atoms with Gasteiger partial charge in [0.1, 0.15) is 11.4 Å². The molecule has 0 aliphatic carbocycles. The van der Waals surface area contributed by atoms with Crippen LogP contribution in [0.2, 0.25) is 0 Å². The molecule has 1 aliphatic heterocycles. The molecule has 144 valence electrons. The SMILES string of the molecule is CN1CCN(c2ccc3nc(-c4ccc(C#CC(C)(C)O)cc4)[nH]c3c2)CC1. The van der Waals surface area contributed by atoms with Crippen LogP contribution in [0, 0.1) is 11.8 Å². The number of nitrogens with one attached hydrogen (secondary N) is 1. The molecule has 0 unspecified atom stereocenters. The Hall–Kier alpha value is -2.81. The van der Waals surface area contributed by atoms with Crippen LogP contribution in [0.25, 0.3) is 22.4 Å². The number of piperazine rings is 1. The molecule has 0 atom stereocenters. The van der Waals surface area contributed by atoms with E-state index in [-0.39, 0.29) is 0 Å². The largest absolute Gasteiger partial charge is 0.378 e. The van der Waals surface area contributed by atoms with E-state index < -0.39 is 5.60 Å². The van der Waals surface area contributed by atoms with Crippen molar-refractivity contribution in [3.63, 3.8) is 0 Å². The zero-order valence-corrected chi connectivity index (χ0v) is 16.7. The van der Waals surface area contributed by atoms with Gasteiger partial charge in [0.15, 0.2) is 0 Å². The fourth-order valence-electron chi connectivity index (χ4n) is 3.33. The Balaban J connectivity index is 1.57. The van der Waals surface area contributed by atoms with Crippen LogP contribution in [-0.4, -0.2) is 58.8 Å². The first-order chi connectivity index (χ1) is 13.4. The minimum atomic E-state index is -0.987. The highest BCUT2D eigenvalue weighted by Gasteiger charge is 2.15. The van der Waals surface area contributed by atoms with Crippen molar-refractivity contribution in [1.82, 2.24) is 14.9 Å². The molecule has 5 heteroatoms. The number of fused-ring (bicyclic) bond motifs is 1. The Morgan fingerprint density at radius 1 is 1.04 bits per heavy atom. The number of aliphatic hydroxyl groups is 1. The standard InChI is InChI=1S/C23H26N4O/c1-23(2,28)11-10-17-4-6-18(7-5-17)22-24-20-9-8-19(16-21(20)25-22)27-14-12-26(3)13-15-27/h4-9,16,28H,12-15H2,1-3H3,(H,24,25). The summed E-state index contributed by atoms with van der Waals surface area (Å²) in [6.07, 6.45) is 0. The molecular weight excluding hydrogens is 348 g/mol. The molecule has 0 amide bonds. The van der Waals surface area contributed by atoms with E-state index in [1.807, 2.05) is 24.3 Å². The van der Waals surface area contributed by atoms with E-state index in [9.17, 15) is 5.11 Å². The Morgan fingerprint density at radius 3 is 2.43 bits per heavy atom. The maximum atomic E-state index is 9.73. The van der Waals surface area contributed by atoms with Crippen molar-refractivity contribution < 1.29 is 5.11 Å². The number of H-pyrrole nitrogens is 1. The summed E-state index contributed by atoms with van der Waals surface area (Å²) in [4.78, 5) is 13.0. The molecule has 0 saturated carbocycles. The first-order valence-electron chi connectivity index (χ1n) is 9.67. The lowest BCUT2D eigenvalue weighted by Gasteiger charge is -2.34. The summed E-state index contributed by atoms with van der Waals surface area (Å²) >= 11 is 0. The topological polar surface area (TPSA) is 55.4 Å². The first kappa shape index (κ1) is 18.5. The molecule has 0 spiro atoms. The van der Waals surface area contributed by atoms with E-state index in [0.29, 0.717) is 0 Å². The molecule has 28 heavy (non-hydrogen) atoms. The summed E-state index contributed by atoms with van der Waals surface area (Å²) < 4.78 is 0. The molecule has 0 radical (unpaired) electrons. The van der Waals surface area contributed by atoms with Crippen molar-refractivity contribution in [3.8, 4) is 23.2 Å². The van der Waals surface area contributed by atoms with Gasteiger partial charge in [-0.15, -0.1) is 0 Å². The maximum Gasteiger partial charge on any atom is 0.138 e. The van der Waals surface area contributed by atoms with Gasteiger partial charge < -0.3 is 19.9 Å². The van der Waals surface area contributed by atoms with Crippen LogP contribution in [-0.2, 0) is 0 Å². The number of likely N-dealkylation sites (N-methyl/N-ethyl adjacent to an activating group) is 1. The average Bonchev–Trinajstić information content (AvgIpc) is 3.10. The highest BCUT2D eigenvalue weighted by molar-refractivity contribution is 5.83. The minimum absolute atomic E-state index is 0.854. The van der Waals surface area contributed by atoms with E-state index in [1.165, 1.54) is 5.69 Å². The lowest BCUT2D eigenvalue weighted by molar-refractivity contribution is 0.143. The van der Waals surface area contributed by atoms with Gasteiger partial charge in [0.2, 0.25) is 0 Å². The minimum Gasteiger partial charge on any atom is -0.378 e. The van der Waals surface area contributed by atoms with Gasteiger partial charge in [0.25, 0.3) is 0 Å². The van der Waals surface area contributed by atoms with Crippen molar-refractivity contribution in [2.75, 3.05) is 38.1 Å². The van der Waals surface area contributed by atoms with Crippen LogP contribution in [0.3, 0.4) is 0 Å². The summed E-state index contributed by atoms with van der Waals surface area (Å²) in [5.74, 6) is 6.68. The second-order valence-electron chi connectivity index (χ2n) is 7.96. The molecule has 3 aromatic rings. The zero-order valence-electron chi connectivity index (χ0n) is 16.7. The third kappa shape index (κ3) is 4.19. The molecular formula is C23H26N4O. The number of hydrogen-bond donors (Lipinski definition) is 2. The molecule has 4 rings (SSSR count). The summed E-state index contributed by atoms with van der Waals surface area (Å²) in [5.41, 5.74) is 4.17. The monoisotopic (exact) mass is 374 g/mol. The Labute approximate surface area is 166 Å². The summed E-state index contributed by atoms with van der Waals surface area (Å²) in [6, 6.07) is 14.4. The Bertz CT molecular complexity index is 1030. The Kier molecular flexibility index (Phi) is 4.84. The third-order valence-electron chi connectivity index (χ3n) is 5.00. The Morgan fingerprint density at radius 2 is 1.75 bits per heavy atom. The van der Waals surface area contributed by atoms with Gasteiger partial charge >= 0.3 is 0 Å². The number of nitrogens with zero attached hydrogens (tertiary/aromatic N) is 3. The molecule has 2 heterocycles. The van der Waals surface area contributed by atoms with Crippen LogP contribution in [0.4, 0.5) is 5.69 Å². The van der Waals surface area contributed by atoms with Crippen molar-refractivity contribution in [2.45, 2.75) is 19.4 Å². The van der Waals surface area contributed by atoms with Crippen LogP contribution in [0.1, 0.15) is 19.4 Å². The fourth-order valence-corrected chi connectivity index (χ4v) is 3.33. The third-order valence-corrected chi connectivity index (χ3v) is 5.00. The van der Waals surface area contributed by atoms with Gasteiger partial charge in [-0.1, -0.05) is 24.0 Å². The van der Waals surface area contributed by atoms with Crippen LogP contribution in [0.5, 0.6) is 0 Å². The van der Waals surface area contributed by atoms with Gasteiger partial charge in [-0.05, 0) is 51.2 Å². The second kappa shape index (κ2) is 7.31. The van der Waals surface area contributed by atoms with Crippen molar-refractivity contribution >= 4 is 16.7 Å². The first-order valence-corrected chi connectivity index (χ1v) is 9.67. The van der Waals surface area contributed by atoms with Crippen LogP contribution >= 0.6 is 0 Å². The number of imidazole rings is 1. The van der Waals surface area contributed by atoms with Gasteiger partial charge in [0.05, 0.1) is 11.0 Å². The number of aromatic amines is 1.